The number of rotatable bonds is 6. The maximum absolute atomic E-state index is 12.0. The Balaban J connectivity index is 4.56. The van der Waals surface area contributed by atoms with E-state index in [-0.39, 0.29) is 24.0 Å². The third-order valence-corrected chi connectivity index (χ3v) is 2.66. The van der Waals surface area contributed by atoms with E-state index in [0.717, 1.165) is 0 Å². The number of aliphatic hydroxyl groups is 1. The van der Waals surface area contributed by atoms with Crippen LogP contribution in [0.2, 0.25) is 0 Å². The SMILES string of the molecule is CC(C)OC(=O)N[C@H](C(=O)NC(C)C(C)O)C(C)C. The van der Waals surface area contributed by atoms with Crippen LogP contribution in [-0.4, -0.2) is 41.4 Å². The number of carbonyl (C=O) groups is 2. The van der Waals surface area contributed by atoms with Crippen molar-refractivity contribution in [3.8, 4) is 0 Å². The fourth-order valence-electron chi connectivity index (χ4n) is 1.34. The van der Waals surface area contributed by atoms with Crippen molar-refractivity contribution in [2.24, 2.45) is 5.92 Å². The Bertz CT molecular complexity index is 303. The molecular weight excluding hydrogens is 248 g/mol. The van der Waals surface area contributed by atoms with Crippen LogP contribution in [0.3, 0.4) is 0 Å². The molecule has 3 atom stereocenters. The van der Waals surface area contributed by atoms with E-state index in [1.54, 1.807) is 27.7 Å². The summed E-state index contributed by atoms with van der Waals surface area (Å²) in [6.07, 6.45) is -1.51. The first kappa shape index (κ1) is 17.7. The smallest absolute Gasteiger partial charge is 0.408 e. The van der Waals surface area contributed by atoms with Crippen LogP contribution in [0.5, 0.6) is 0 Å². The summed E-state index contributed by atoms with van der Waals surface area (Å²) in [5.41, 5.74) is 0. The molecule has 0 saturated heterocycles. The van der Waals surface area contributed by atoms with Gasteiger partial charge in [-0.1, -0.05) is 13.8 Å². The number of alkyl carbamates (subject to hydrolysis) is 1. The highest BCUT2D eigenvalue weighted by Gasteiger charge is 2.26. The second-order valence-corrected chi connectivity index (χ2v) is 5.36. The van der Waals surface area contributed by atoms with Crippen LogP contribution in [-0.2, 0) is 9.53 Å². The Morgan fingerprint density at radius 2 is 1.53 bits per heavy atom. The number of hydrogen-bond acceptors (Lipinski definition) is 4. The molecule has 0 aromatic carbocycles. The van der Waals surface area contributed by atoms with Gasteiger partial charge in [0.1, 0.15) is 6.04 Å². The minimum absolute atomic E-state index is 0.0825. The average Bonchev–Trinajstić information content (AvgIpc) is 2.23. The first-order valence-corrected chi connectivity index (χ1v) is 6.60. The van der Waals surface area contributed by atoms with Crippen LogP contribution >= 0.6 is 0 Å². The minimum Gasteiger partial charge on any atom is -0.447 e. The van der Waals surface area contributed by atoms with E-state index >= 15 is 0 Å². The number of aliphatic hydroxyl groups excluding tert-OH is 1. The van der Waals surface area contributed by atoms with E-state index in [4.69, 9.17) is 4.74 Å². The van der Waals surface area contributed by atoms with Crippen LogP contribution in [0, 0.1) is 5.92 Å². The van der Waals surface area contributed by atoms with Crippen molar-refractivity contribution in [1.82, 2.24) is 10.6 Å². The van der Waals surface area contributed by atoms with Crippen molar-refractivity contribution in [3.05, 3.63) is 0 Å². The van der Waals surface area contributed by atoms with Gasteiger partial charge in [-0.2, -0.15) is 0 Å². The van der Waals surface area contributed by atoms with Gasteiger partial charge in [0.05, 0.1) is 18.2 Å². The number of hydrogen-bond donors (Lipinski definition) is 3. The van der Waals surface area contributed by atoms with Gasteiger partial charge in [0.2, 0.25) is 5.91 Å². The van der Waals surface area contributed by atoms with Crippen LogP contribution in [0.15, 0.2) is 0 Å². The van der Waals surface area contributed by atoms with Crippen molar-refractivity contribution in [2.75, 3.05) is 0 Å². The lowest BCUT2D eigenvalue weighted by molar-refractivity contribution is -0.125. The standard InChI is InChI=1S/C13H26N2O4/c1-7(2)11(15-13(18)19-8(3)4)12(17)14-9(5)10(6)16/h7-11,16H,1-6H3,(H,14,17)(H,15,18)/t9?,10?,11-/m0/s1. The Kier molecular flexibility index (Phi) is 7.44. The number of carbonyl (C=O) groups excluding carboxylic acids is 2. The summed E-state index contributed by atoms with van der Waals surface area (Å²) < 4.78 is 4.95. The normalized spacial score (nSPS) is 15.8. The van der Waals surface area contributed by atoms with Crippen molar-refractivity contribution < 1.29 is 19.4 Å². The Hall–Kier alpha value is -1.30. The molecule has 0 radical (unpaired) electrons. The molecule has 0 aliphatic carbocycles. The Labute approximate surface area is 114 Å². The summed E-state index contributed by atoms with van der Waals surface area (Å²) in [7, 11) is 0. The third kappa shape index (κ3) is 7.00. The van der Waals surface area contributed by atoms with Crippen LogP contribution in [0.4, 0.5) is 4.79 Å². The van der Waals surface area contributed by atoms with Gasteiger partial charge < -0.3 is 20.5 Å². The Morgan fingerprint density at radius 1 is 1.00 bits per heavy atom. The number of ether oxygens (including phenoxy) is 1. The second kappa shape index (κ2) is 7.99. The van der Waals surface area contributed by atoms with E-state index < -0.39 is 18.2 Å². The van der Waals surface area contributed by atoms with Gasteiger partial charge in [-0.05, 0) is 33.6 Å². The highest BCUT2D eigenvalue weighted by atomic mass is 16.6. The first-order chi connectivity index (χ1) is 8.65. The van der Waals surface area contributed by atoms with Crippen molar-refractivity contribution in [2.45, 2.75) is 65.8 Å². The van der Waals surface area contributed by atoms with Gasteiger partial charge in [-0.3, -0.25) is 4.79 Å². The molecule has 0 aliphatic heterocycles. The predicted octanol–water partition coefficient (Wildman–Crippen LogP) is 1.03. The quantitative estimate of drug-likeness (QED) is 0.675. The summed E-state index contributed by atoms with van der Waals surface area (Å²) >= 11 is 0. The summed E-state index contributed by atoms with van der Waals surface area (Å²) in [5.74, 6) is -0.412. The molecule has 6 heteroatoms. The number of amides is 2. The lowest BCUT2D eigenvalue weighted by Gasteiger charge is -2.25. The molecule has 0 rings (SSSR count). The van der Waals surface area contributed by atoms with Gasteiger partial charge >= 0.3 is 6.09 Å². The maximum Gasteiger partial charge on any atom is 0.408 e. The first-order valence-electron chi connectivity index (χ1n) is 6.60. The molecule has 0 saturated carbocycles. The molecule has 0 bridgehead atoms. The summed E-state index contributed by atoms with van der Waals surface area (Å²) in [6.45, 7) is 10.4. The van der Waals surface area contributed by atoms with Gasteiger partial charge in [0.15, 0.2) is 0 Å². The summed E-state index contributed by atoms with van der Waals surface area (Å²) in [6, 6.07) is -1.07. The van der Waals surface area contributed by atoms with Gasteiger partial charge in [0, 0.05) is 0 Å². The topological polar surface area (TPSA) is 87.7 Å². The molecule has 0 aromatic heterocycles. The molecule has 0 fully saturated rings. The van der Waals surface area contributed by atoms with Crippen molar-refractivity contribution >= 4 is 12.0 Å². The molecule has 0 heterocycles. The molecular formula is C13H26N2O4. The number of nitrogens with one attached hydrogen (secondary N) is 2. The fraction of sp³-hybridized carbons (Fsp3) is 0.846. The highest BCUT2D eigenvalue weighted by molar-refractivity contribution is 5.86. The monoisotopic (exact) mass is 274 g/mol. The highest BCUT2D eigenvalue weighted by Crippen LogP contribution is 2.04. The van der Waals surface area contributed by atoms with E-state index in [1.807, 2.05) is 13.8 Å². The summed E-state index contributed by atoms with van der Waals surface area (Å²) in [5, 5.41) is 14.6. The van der Waals surface area contributed by atoms with Gasteiger partial charge in [0.25, 0.3) is 0 Å². The molecule has 19 heavy (non-hydrogen) atoms. The van der Waals surface area contributed by atoms with Crippen molar-refractivity contribution in [3.63, 3.8) is 0 Å². The molecule has 0 aromatic rings. The lowest BCUT2D eigenvalue weighted by atomic mass is 10.0. The molecule has 0 aliphatic rings. The summed E-state index contributed by atoms with van der Waals surface area (Å²) in [4.78, 5) is 23.6. The molecule has 3 N–H and O–H groups in total. The van der Waals surface area contributed by atoms with Gasteiger partial charge in [-0.25, -0.2) is 4.79 Å². The lowest BCUT2D eigenvalue weighted by Crippen LogP contribution is -2.53. The van der Waals surface area contributed by atoms with Crippen LogP contribution in [0.1, 0.15) is 41.5 Å². The molecule has 6 nitrogen and oxygen atoms in total. The second-order valence-electron chi connectivity index (χ2n) is 5.36. The van der Waals surface area contributed by atoms with Crippen molar-refractivity contribution in [1.29, 1.82) is 0 Å². The van der Waals surface area contributed by atoms with Gasteiger partial charge in [-0.15, -0.1) is 0 Å². The average molecular weight is 274 g/mol. The zero-order valence-electron chi connectivity index (χ0n) is 12.6. The molecule has 2 unspecified atom stereocenters. The largest absolute Gasteiger partial charge is 0.447 e. The maximum atomic E-state index is 12.0. The minimum atomic E-state index is -0.688. The third-order valence-electron chi connectivity index (χ3n) is 2.66. The van der Waals surface area contributed by atoms with E-state index in [1.165, 1.54) is 0 Å². The van der Waals surface area contributed by atoms with E-state index in [9.17, 15) is 14.7 Å². The zero-order valence-corrected chi connectivity index (χ0v) is 12.6. The zero-order chi connectivity index (χ0) is 15.2. The molecule has 0 spiro atoms. The van der Waals surface area contributed by atoms with E-state index in [2.05, 4.69) is 10.6 Å². The Morgan fingerprint density at radius 3 is 1.89 bits per heavy atom. The molecule has 2 amide bonds. The fourth-order valence-corrected chi connectivity index (χ4v) is 1.34. The van der Waals surface area contributed by atoms with Crippen LogP contribution < -0.4 is 10.6 Å². The van der Waals surface area contributed by atoms with Crippen LogP contribution in [0.25, 0.3) is 0 Å². The predicted molar refractivity (Wildman–Crippen MR) is 72.7 cm³/mol. The van der Waals surface area contributed by atoms with E-state index in [0.29, 0.717) is 0 Å². The molecule has 112 valence electrons.